The molecule has 1 aliphatic carbocycles. The summed E-state index contributed by atoms with van der Waals surface area (Å²) in [6, 6.07) is 8.26. The van der Waals surface area contributed by atoms with E-state index in [9.17, 15) is 0 Å². The fourth-order valence-electron chi connectivity index (χ4n) is 3.45. The van der Waals surface area contributed by atoms with Crippen LogP contribution in [0.15, 0.2) is 46.2 Å². The van der Waals surface area contributed by atoms with Crippen molar-refractivity contribution in [2.75, 3.05) is 5.32 Å². The van der Waals surface area contributed by atoms with Crippen LogP contribution in [0.4, 0.5) is 11.4 Å². The Morgan fingerprint density at radius 2 is 2.05 bits per heavy atom. The molecule has 5 heteroatoms. The van der Waals surface area contributed by atoms with Gasteiger partial charge in [-0.3, -0.25) is 0 Å². The van der Waals surface area contributed by atoms with Gasteiger partial charge in [-0.2, -0.15) is 0 Å². The highest BCUT2D eigenvalue weighted by molar-refractivity contribution is 6.00. The van der Waals surface area contributed by atoms with E-state index < -0.39 is 0 Å². The summed E-state index contributed by atoms with van der Waals surface area (Å²) in [5.41, 5.74) is 3.13. The van der Waals surface area contributed by atoms with Crippen LogP contribution in [0.1, 0.15) is 37.7 Å². The predicted molar refractivity (Wildman–Crippen MR) is 86.3 cm³/mol. The highest BCUT2D eigenvalue weighted by Gasteiger charge is 2.40. The Morgan fingerprint density at radius 1 is 1.18 bits per heavy atom. The minimum absolute atomic E-state index is 0.0518. The zero-order chi connectivity index (χ0) is 14.8. The van der Waals surface area contributed by atoms with Crippen molar-refractivity contribution in [3.8, 4) is 0 Å². The molecule has 1 aromatic heterocycles. The number of amidine groups is 1. The van der Waals surface area contributed by atoms with Crippen LogP contribution in [0.5, 0.6) is 0 Å². The van der Waals surface area contributed by atoms with E-state index >= 15 is 0 Å². The summed E-state index contributed by atoms with van der Waals surface area (Å²) in [6.45, 7) is 0.688. The van der Waals surface area contributed by atoms with Gasteiger partial charge >= 0.3 is 0 Å². The molecule has 22 heavy (non-hydrogen) atoms. The molecule has 1 fully saturated rings. The van der Waals surface area contributed by atoms with Crippen molar-refractivity contribution in [1.82, 2.24) is 10.5 Å². The summed E-state index contributed by atoms with van der Waals surface area (Å²) in [4.78, 5) is 4.91. The van der Waals surface area contributed by atoms with Crippen molar-refractivity contribution in [3.05, 3.63) is 42.3 Å². The van der Waals surface area contributed by atoms with Crippen LogP contribution >= 0.6 is 0 Å². The maximum atomic E-state index is 4.91. The molecular formula is C17H20N4O. The molecule has 4 rings (SSSR count). The minimum atomic E-state index is -0.0518. The van der Waals surface area contributed by atoms with Gasteiger partial charge in [0.1, 0.15) is 12.1 Å². The highest BCUT2D eigenvalue weighted by atomic mass is 16.5. The molecule has 0 radical (unpaired) electrons. The SMILES string of the molecule is c1ccc2c(c1)N=C(NCc1cnoc1)C1(CCCCC1)N2. The summed E-state index contributed by atoms with van der Waals surface area (Å²) in [7, 11) is 0. The summed E-state index contributed by atoms with van der Waals surface area (Å²) >= 11 is 0. The molecule has 1 saturated carbocycles. The molecule has 0 unspecified atom stereocenters. The van der Waals surface area contributed by atoms with Gasteiger partial charge in [0.2, 0.25) is 0 Å². The quantitative estimate of drug-likeness (QED) is 0.888. The molecule has 5 nitrogen and oxygen atoms in total. The van der Waals surface area contributed by atoms with Crippen LogP contribution in [0.3, 0.4) is 0 Å². The van der Waals surface area contributed by atoms with Crippen LogP contribution < -0.4 is 10.6 Å². The molecule has 1 aromatic carbocycles. The third-order valence-corrected chi connectivity index (χ3v) is 4.61. The summed E-state index contributed by atoms with van der Waals surface area (Å²) in [5, 5.41) is 11.0. The molecule has 0 saturated heterocycles. The van der Waals surface area contributed by atoms with Crippen molar-refractivity contribution in [2.45, 2.75) is 44.2 Å². The van der Waals surface area contributed by atoms with Crippen LogP contribution in [0.25, 0.3) is 0 Å². The smallest absolute Gasteiger partial charge is 0.128 e. The number of benzene rings is 1. The largest absolute Gasteiger partial charge is 0.371 e. The van der Waals surface area contributed by atoms with Crippen molar-refractivity contribution in [3.63, 3.8) is 0 Å². The lowest BCUT2D eigenvalue weighted by atomic mass is 9.79. The summed E-state index contributed by atoms with van der Waals surface area (Å²) in [6.07, 6.45) is 9.44. The third kappa shape index (κ3) is 2.36. The second-order valence-electron chi connectivity index (χ2n) is 6.13. The first-order chi connectivity index (χ1) is 10.9. The molecule has 2 aromatic rings. The topological polar surface area (TPSA) is 62.5 Å². The minimum Gasteiger partial charge on any atom is -0.371 e. The number of rotatable bonds is 2. The van der Waals surface area contributed by atoms with E-state index in [-0.39, 0.29) is 5.54 Å². The van der Waals surface area contributed by atoms with Crippen LogP contribution in [-0.4, -0.2) is 16.5 Å². The Balaban J connectivity index is 1.65. The number of nitrogens with one attached hydrogen (secondary N) is 2. The molecule has 2 N–H and O–H groups in total. The van der Waals surface area contributed by atoms with E-state index in [1.165, 1.54) is 19.3 Å². The van der Waals surface area contributed by atoms with Crippen molar-refractivity contribution < 1.29 is 4.52 Å². The normalized spacial score (nSPS) is 19.2. The lowest BCUT2D eigenvalue weighted by Crippen LogP contribution is -2.54. The molecule has 1 aliphatic heterocycles. The maximum absolute atomic E-state index is 4.91. The Labute approximate surface area is 129 Å². The monoisotopic (exact) mass is 296 g/mol. The molecule has 2 aliphatic rings. The maximum Gasteiger partial charge on any atom is 0.128 e. The van der Waals surface area contributed by atoms with Gasteiger partial charge in [-0.15, -0.1) is 0 Å². The van der Waals surface area contributed by atoms with Gasteiger partial charge in [-0.05, 0) is 25.0 Å². The van der Waals surface area contributed by atoms with Crippen LogP contribution in [-0.2, 0) is 6.54 Å². The molecule has 1 spiro atoms. The van der Waals surface area contributed by atoms with Gasteiger partial charge in [0.15, 0.2) is 0 Å². The number of aliphatic imine (C=N–C) groups is 1. The van der Waals surface area contributed by atoms with Crippen molar-refractivity contribution in [1.29, 1.82) is 0 Å². The number of hydrogen-bond acceptors (Lipinski definition) is 5. The first-order valence-electron chi connectivity index (χ1n) is 7.94. The van der Waals surface area contributed by atoms with E-state index in [0.29, 0.717) is 6.54 Å². The first kappa shape index (κ1) is 13.4. The number of nitrogens with zero attached hydrogens (tertiary/aromatic N) is 2. The Hall–Kier alpha value is -2.30. The van der Waals surface area contributed by atoms with Crippen molar-refractivity contribution >= 4 is 17.2 Å². The molecule has 2 heterocycles. The standard InChI is InChI=1S/C17H20N4O/c1-4-8-17(9-5-1)16(18-10-13-11-19-22-12-13)20-14-6-2-3-7-15(14)21-17/h2-3,6-7,11-12,21H,1,4-5,8-10H2,(H,18,20). The number of anilines is 1. The fraction of sp³-hybridized carbons (Fsp3) is 0.412. The Morgan fingerprint density at radius 3 is 2.86 bits per heavy atom. The van der Waals surface area contributed by atoms with Gasteiger partial charge in [0, 0.05) is 12.1 Å². The molecular weight excluding hydrogens is 276 g/mol. The second-order valence-corrected chi connectivity index (χ2v) is 6.13. The van der Waals surface area contributed by atoms with E-state index in [4.69, 9.17) is 9.52 Å². The van der Waals surface area contributed by atoms with E-state index in [1.54, 1.807) is 12.5 Å². The van der Waals surface area contributed by atoms with Gasteiger partial charge in [0.05, 0.1) is 23.1 Å². The predicted octanol–water partition coefficient (Wildman–Crippen LogP) is 3.62. The summed E-state index contributed by atoms with van der Waals surface area (Å²) < 4.78 is 4.90. The second kappa shape index (κ2) is 5.48. The zero-order valence-electron chi connectivity index (χ0n) is 12.5. The average molecular weight is 296 g/mol. The lowest BCUT2D eigenvalue weighted by molar-refractivity contribution is 0.396. The number of hydrogen-bond donors (Lipinski definition) is 2. The Bertz CT molecular complexity index is 672. The molecule has 114 valence electrons. The third-order valence-electron chi connectivity index (χ3n) is 4.61. The highest BCUT2D eigenvalue weighted by Crippen LogP contribution is 2.40. The van der Waals surface area contributed by atoms with Crippen LogP contribution in [0.2, 0.25) is 0 Å². The lowest BCUT2D eigenvalue weighted by Gasteiger charge is -2.42. The molecule has 0 bridgehead atoms. The number of aromatic nitrogens is 1. The average Bonchev–Trinajstić information content (AvgIpc) is 3.07. The van der Waals surface area contributed by atoms with Crippen molar-refractivity contribution in [2.24, 2.45) is 4.99 Å². The summed E-state index contributed by atoms with van der Waals surface area (Å²) in [5.74, 6) is 1.05. The van der Waals surface area contributed by atoms with Gasteiger partial charge in [-0.25, -0.2) is 4.99 Å². The molecule has 0 amide bonds. The zero-order valence-corrected chi connectivity index (χ0v) is 12.5. The van der Waals surface area contributed by atoms with Gasteiger partial charge in [0.25, 0.3) is 0 Å². The number of fused-ring (bicyclic) bond motifs is 1. The fourth-order valence-corrected chi connectivity index (χ4v) is 3.45. The van der Waals surface area contributed by atoms with Crippen LogP contribution in [0, 0.1) is 0 Å². The number of para-hydroxylation sites is 2. The van der Waals surface area contributed by atoms with Gasteiger partial charge in [-0.1, -0.05) is 36.6 Å². The van der Waals surface area contributed by atoms with E-state index in [2.05, 4.69) is 34.0 Å². The Kier molecular flexibility index (Phi) is 3.33. The van der Waals surface area contributed by atoms with E-state index in [0.717, 1.165) is 35.6 Å². The first-order valence-corrected chi connectivity index (χ1v) is 7.94. The molecule has 0 atom stereocenters. The van der Waals surface area contributed by atoms with Gasteiger partial charge < -0.3 is 15.2 Å². The van der Waals surface area contributed by atoms with E-state index in [1.807, 2.05) is 6.07 Å².